The molecule has 0 unspecified atom stereocenters. The summed E-state index contributed by atoms with van der Waals surface area (Å²) in [5.74, 6) is -1.08. The van der Waals surface area contributed by atoms with E-state index >= 15 is 0 Å². The second-order valence-corrected chi connectivity index (χ2v) is 7.39. The number of carboxylic acid groups (broad SMARTS) is 1. The number of benzene rings is 1. The lowest BCUT2D eigenvalue weighted by Crippen LogP contribution is -2.42. The van der Waals surface area contributed by atoms with Gasteiger partial charge in [0.25, 0.3) is 5.91 Å². The van der Waals surface area contributed by atoms with Crippen LogP contribution in [0, 0.1) is 5.41 Å². The topological polar surface area (TPSA) is 74.6 Å². The van der Waals surface area contributed by atoms with E-state index in [2.05, 4.69) is 5.32 Å². The van der Waals surface area contributed by atoms with Gasteiger partial charge in [0.2, 0.25) is 0 Å². The first-order chi connectivity index (χ1) is 12.0. The van der Waals surface area contributed by atoms with E-state index < -0.39 is 12.0 Å². The van der Waals surface area contributed by atoms with Gasteiger partial charge in [0, 0.05) is 24.5 Å². The molecule has 132 valence electrons. The molecule has 2 aliphatic heterocycles. The number of piperidine rings is 1. The van der Waals surface area contributed by atoms with Gasteiger partial charge in [0.15, 0.2) is 0 Å². The second kappa shape index (κ2) is 5.88. The Kier molecular flexibility index (Phi) is 3.80. The number of aryl methyl sites for hydroxylation is 1. The summed E-state index contributed by atoms with van der Waals surface area (Å²) in [5, 5.41) is 14.0. The second-order valence-electron chi connectivity index (χ2n) is 7.39. The first kappa shape index (κ1) is 16.1. The van der Waals surface area contributed by atoms with E-state index in [9.17, 15) is 14.7 Å². The maximum absolute atomic E-state index is 13.2. The van der Waals surface area contributed by atoms with Crippen molar-refractivity contribution in [3.63, 3.8) is 0 Å². The van der Waals surface area contributed by atoms with E-state index in [1.54, 1.807) is 4.90 Å². The van der Waals surface area contributed by atoms with Gasteiger partial charge in [-0.1, -0.05) is 18.2 Å². The van der Waals surface area contributed by atoms with Crippen molar-refractivity contribution < 1.29 is 14.7 Å². The predicted octanol–water partition coefficient (Wildman–Crippen LogP) is 1.85. The van der Waals surface area contributed by atoms with Gasteiger partial charge in [-0.05, 0) is 49.9 Å². The molecule has 1 atom stereocenters. The minimum absolute atomic E-state index is 0.0610. The van der Waals surface area contributed by atoms with E-state index in [1.807, 2.05) is 41.9 Å². The van der Waals surface area contributed by atoms with Crippen LogP contribution in [0.15, 0.2) is 30.3 Å². The first-order valence-corrected chi connectivity index (χ1v) is 8.80. The third-order valence-corrected chi connectivity index (χ3v) is 5.89. The number of hydrogen-bond acceptors (Lipinski definition) is 3. The number of likely N-dealkylation sites (tertiary alicyclic amines) is 1. The number of hydrogen-bond donors (Lipinski definition) is 2. The van der Waals surface area contributed by atoms with Crippen LogP contribution in [-0.4, -0.2) is 52.1 Å². The summed E-state index contributed by atoms with van der Waals surface area (Å²) in [6.45, 7) is 2.32. The van der Waals surface area contributed by atoms with Gasteiger partial charge in [0.1, 0.15) is 11.7 Å². The molecular formula is C19H23N3O3. The van der Waals surface area contributed by atoms with Crippen LogP contribution in [0.3, 0.4) is 0 Å². The molecule has 2 aliphatic rings. The van der Waals surface area contributed by atoms with Crippen LogP contribution in [-0.2, 0) is 11.8 Å². The fourth-order valence-corrected chi connectivity index (χ4v) is 4.45. The lowest BCUT2D eigenvalue weighted by atomic mass is 9.77. The lowest BCUT2D eigenvalue weighted by Gasteiger charge is -2.33. The summed E-state index contributed by atoms with van der Waals surface area (Å²) in [6, 6.07) is 8.96. The molecule has 1 spiro atoms. The molecule has 4 rings (SSSR count). The van der Waals surface area contributed by atoms with Gasteiger partial charge >= 0.3 is 5.97 Å². The molecule has 2 aromatic rings. The van der Waals surface area contributed by atoms with Crippen molar-refractivity contribution >= 4 is 22.8 Å². The number of fused-ring (bicyclic) bond motifs is 1. The molecule has 0 saturated carbocycles. The predicted molar refractivity (Wildman–Crippen MR) is 94.5 cm³/mol. The number of nitrogens with zero attached hydrogens (tertiary/aromatic N) is 2. The average Bonchev–Trinajstić information content (AvgIpc) is 3.14. The molecule has 3 heterocycles. The molecule has 2 saturated heterocycles. The summed E-state index contributed by atoms with van der Waals surface area (Å²) in [6.07, 6.45) is 2.41. The molecule has 6 nitrogen and oxygen atoms in total. The van der Waals surface area contributed by atoms with Gasteiger partial charge in [-0.15, -0.1) is 0 Å². The Balaban J connectivity index is 1.69. The Morgan fingerprint density at radius 1 is 1.24 bits per heavy atom. The third kappa shape index (κ3) is 2.61. The van der Waals surface area contributed by atoms with Crippen molar-refractivity contribution in [1.82, 2.24) is 14.8 Å². The van der Waals surface area contributed by atoms with Crippen LogP contribution in [0.4, 0.5) is 0 Å². The highest BCUT2D eigenvalue weighted by Gasteiger charge is 2.49. The number of para-hydroxylation sites is 1. The molecule has 1 amide bonds. The van der Waals surface area contributed by atoms with Gasteiger partial charge in [-0.3, -0.25) is 4.79 Å². The highest BCUT2D eigenvalue weighted by atomic mass is 16.4. The molecule has 6 heteroatoms. The molecule has 1 aromatic heterocycles. The normalized spacial score (nSPS) is 22.6. The van der Waals surface area contributed by atoms with Crippen LogP contribution in [0.1, 0.15) is 29.8 Å². The molecule has 0 bridgehead atoms. The molecule has 2 N–H and O–H groups in total. The molecule has 1 aromatic carbocycles. The van der Waals surface area contributed by atoms with E-state index in [4.69, 9.17) is 0 Å². The number of nitrogens with one attached hydrogen (secondary N) is 1. The maximum atomic E-state index is 13.2. The highest BCUT2D eigenvalue weighted by molar-refractivity contribution is 6.00. The zero-order chi connectivity index (χ0) is 17.6. The standard InChI is InChI=1S/C19H23N3O3/c1-21-14-5-3-2-4-13(14)10-15(21)17(23)22-12-19(6-8-20-9-7-19)11-16(22)18(24)25/h2-5,10,16,20H,6-9,11-12H2,1H3,(H,24,25)/t16-/m0/s1. The Labute approximate surface area is 146 Å². The zero-order valence-electron chi connectivity index (χ0n) is 14.4. The van der Waals surface area contributed by atoms with Gasteiger partial charge in [0.05, 0.1) is 0 Å². The van der Waals surface area contributed by atoms with Crippen molar-refractivity contribution in [2.24, 2.45) is 12.5 Å². The highest BCUT2D eigenvalue weighted by Crippen LogP contribution is 2.42. The molecule has 25 heavy (non-hydrogen) atoms. The minimum atomic E-state index is -0.900. The Morgan fingerprint density at radius 3 is 2.64 bits per heavy atom. The van der Waals surface area contributed by atoms with E-state index in [0.717, 1.165) is 36.8 Å². The largest absolute Gasteiger partial charge is 0.480 e. The number of rotatable bonds is 2. The van der Waals surface area contributed by atoms with Crippen LogP contribution in [0.2, 0.25) is 0 Å². The van der Waals surface area contributed by atoms with E-state index in [-0.39, 0.29) is 11.3 Å². The van der Waals surface area contributed by atoms with Crippen LogP contribution in [0.5, 0.6) is 0 Å². The van der Waals surface area contributed by atoms with E-state index in [1.165, 1.54) is 0 Å². The van der Waals surface area contributed by atoms with E-state index in [0.29, 0.717) is 18.7 Å². The van der Waals surface area contributed by atoms with Crippen LogP contribution in [0.25, 0.3) is 10.9 Å². The van der Waals surface area contributed by atoms with Crippen molar-refractivity contribution in [3.8, 4) is 0 Å². The summed E-state index contributed by atoms with van der Waals surface area (Å²) in [7, 11) is 1.86. The molecular weight excluding hydrogens is 318 g/mol. The summed E-state index contributed by atoms with van der Waals surface area (Å²) < 4.78 is 1.87. The Morgan fingerprint density at radius 2 is 1.96 bits per heavy atom. The number of aliphatic carboxylic acids is 1. The van der Waals surface area contributed by atoms with Crippen molar-refractivity contribution in [1.29, 1.82) is 0 Å². The summed E-state index contributed by atoms with van der Waals surface area (Å²) in [5.41, 5.74) is 1.47. The smallest absolute Gasteiger partial charge is 0.326 e. The fraction of sp³-hybridized carbons (Fsp3) is 0.474. The number of aromatic nitrogens is 1. The van der Waals surface area contributed by atoms with Crippen molar-refractivity contribution in [2.45, 2.75) is 25.3 Å². The summed E-state index contributed by atoms with van der Waals surface area (Å²) in [4.78, 5) is 26.6. The molecule has 0 radical (unpaired) electrons. The number of carboxylic acids is 1. The number of amides is 1. The zero-order valence-corrected chi connectivity index (χ0v) is 14.4. The van der Waals surface area contributed by atoms with Crippen LogP contribution < -0.4 is 5.32 Å². The SMILES string of the molecule is Cn1c(C(=O)N2CC3(CCNCC3)C[C@H]2C(=O)O)cc2ccccc21. The summed E-state index contributed by atoms with van der Waals surface area (Å²) >= 11 is 0. The maximum Gasteiger partial charge on any atom is 0.326 e. The number of carbonyl (C=O) groups excluding carboxylic acids is 1. The number of carbonyl (C=O) groups is 2. The van der Waals surface area contributed by atoms with Gasteiger partial charge in [-0.25, -0.2) is 4.79 Å². The van der Waals surface area contributed by atoms with Gasteiger partial charge in [-0.2, -0.15) is 0 Å². The first-order valence-electron chi connectivity index (χ1n) is 8.80. The quantitative estimate of drug-likeness (QED) is 0.874. The third-order valence-electron chi connectivity index (χ3n) is 5.89. The molecule has 0 aliphatic carbocycles. The lowest BCUT2D eigenvalue weighted by molar-refractivity contribution is -0.141. The average molecular weight is 341 g/mol. The minimum Gasteiger partial charge on any atom is -0.480 e. The van der Waals surface area contributed by atoms with Gasteiger partial charge < -0.3 is 19.9 Å². The van der Waals surface area contributed by atoms with Crippen molar-refractivity contribution in [2.75, 3.05) is 19.6 Å². The van der Waals surface area contributed by atoms with Crippen molar-refractivity contribution in [3.05, 3.63) is 36.0 Å². The molecule has 2 fully saturated rings. The van der Waals surface area contributed by atoms with Crippen LogP contribution >= 0.6 is 0 Å². The Hall–Kier alpha value is -2.34. The fourth-order valence-electron chi connectivity index (χ4n) is 4.45. The Bertz CT molecular complexity index is 836. The monoisotopic (exact) mass is 341 g/mol.